The van der Waals surface area contributed by atoms with Crippen LogP contribution >= 0.6 is 22.9 Å². The molecule has 1 aliphatic heterocycles. The molecule has 26 heavy (non-hydrogen) atoms. The van der Waals surface area contributed by atoms with Crippen LogP contribution in [0.25, 0.3) is 0 Å². The summed E-state index contributed by atoms with van der Waals surface area (Å²) in [5, 5.41) is 6.59. The Morgan fingerprint density at radius 3 is 2.85 bits per heavy atom. The van der Waals surface area contributed by atoms with Crippen LogP contribution in [0.4, 0.5) is 9.39 Å². The van der Waals surface area contributed by atoms with E-state index in [9.17, 15) is 14.0 Å². The van der Waals surface area contributed by atoms with Gasteiger partial charge < -0.3 is 15.5 Å². The Labute approximate surface area is 160 Å². The second-order valence-electron chi connectivity index (χ2n) is 6.25. The Morgan fingerprint density at radius 2 is 2.15 bits per heavy atom. The molecule has 2 N–H and O–H groups in total. The van der Waals surface area contributed by atoms with Crippen LogP contribution in [-0.4, -0.2) is 42.4 Å². The number of hydrogen-bond donors (Lipinski definition) is 2. The van der Waals surface area contributed by atoms with Gasteiger partial charge in [0.05, 0.1) is 20.5 Å². The number of benzene rings is 1. The van der Waals surface area contributed by atoms with Crippen molar-refractivity contribution in [3.8, 4) is 0 Å². The van der Waals surface area contributed by atoms with Crippen LogP contribution in [0.15, 0.2) is 24.3 Å². The molecule has 8 heteroatoms. The lowest BCUT2D eigenvalue weighted by molar-refractivity contribution is 0.0660. The predicted molar refractivity (Wildman–Crippen MR) is 102 cm³/mol. The summed E-state index contributed by atoms with van der Waals surface area (Å²) in [6, 6.07) is 5.49. The molecular formula is C18H19ClFN3O2S. The van der Waals surface area contributed by atoms with E-state index < -0.39 is 11.7 Å². The fourth-order valence-electron chi connectivity index (χ4n) is 2.88. The van der Waals surface area contributed by atoms with Crippen LogP contribution in [0.5, 0.6) is 0 Å². The zero-order valence-corrected chi connectivity index (χ0v) is 16.0. The maximum atomic E-state index is 13.1. The standard InChI is InChI=1S/C18H19ClFN3O2S/c1-10-7-15(22-17(24)13-4-3-12(20)8-14(13)19)26-16(10)18(25)23-6-5-21-9-11(23)2/h3-4,7-8,11,21H,5-6,9H2,1-2H3,(H,22,24). The molecule has 2 amide bonds. The Bertz CT molecular complexity index is 855. The van der Waals surface area contributed by atoms with E-state index in [1.54, 1.807) is 6.07 Å². The van der Waals surface area contributed by atoms with Crippen LogP contribution in [0, 0.1) is 12.7 Å². The van der Waals surface area contributed by atoms with Crippen molar-refractivity contribution < 1.29 is 14.0 Å². The normalized spacial score (nSPS) is 17.2. The van der Waals surface area contributed by atoms with E-state index >= 15 is 0 Å². The molecular weight excluding hydrogens is 377 g/mol. The summed E-state index contributed by atoms with van der Waals surface area (Å²) < 4.78 is 13.1. The number of hydrogen-bond acceptors (Lipinski definition) is 4. The lowest BCUT2D eigenvalue weighted by Crippen LogP contribution is -2.52. The third kappa shape index (κ3) is 3.90. The molecule has 3 rings (SSSR count). The summed E-state index contributed by atoms with van der Waals surface area (Å²) in [6.45, 7) is 6.05. The first kappa shape index (κ1) is 18.8. The van der Waals surface area contributed by atoms with Gasteiger partial charge in [0.15, 0.2) is 0 Å². The number of nitrogens with one attached hydrogen (secondary N) is 2. The fourth-order valence-corrected chi connectivity index (χ4v) is 4.16. The molecule has 0 saturated carbocycles. The van der Waals surface area contributed by atoms with E-state index in [2.05, 4.69) is 10.6 Å². The van der Waals surface area contributed by atoms with E-state index in [1.807, 2.05) is 18.7 Å². The quantitative estimate of drug-likeness (QED) is 0.835. The van der Waals surface area contributed by atoms with Gasteiger partial charge >= 0.3 is 0 Å². The number of carbonyl (C=O) groups is 2. The lowest BCUT2D eigenvalue weighted by atomic mass is 10.2. The second-order valence-corrected chi connectivity index (χ2v) is 7.71. The molecule has 2 aromatic rings. The molecule has 1 unspecified atom stereocenters. The van der Waals surface area contributed by atoms with Crippen molar-refractivity contribution >= 4 is 39.8 Å². The average Bonchev–Trinajstić information content (AvgIpc) is 2.94. The third-order valence-corrected chi connectivity index (χ3v) is 5.74. The van der Waals surface area contributed by atoms with Crippen molar-refractivity contribution in [2.24, 2.45) is 0 Å². The Hall–Kier alpha value is -1.96. The molecule has 1 saturated heterocycles. The van der Waals surface area contributed by atoms with E-state index in [1.165, 1.54) is 23.5 Å². The maximum absolute atomic E-state index is 13.1. The van der Waals surface area contributed by atoms with Crippen molar-refractivity contribution in [3.63, 3.8) is 0 Å². The van der Waals surface area contributed by atoms with Crippen LogP contribution in [0.1, 0.15) is 32.5 Å². The summed E-state index contributed by atoms with van der Waals surface area (Å²) in [6.07, 6.45) is 0. The summed E-state index contributed by atoms with van der Waals surface area (Å²) in [5.41, 5.74) is 0.994. The summed E-state index contributed by atoms with van der Waals surface area (Å²) >= 11 is 7.17. The number of piperazine rings is 1. The Kier molecular flexibility index (Phi) is 5.60. The molecule has 1 fully saturated rings. The zero-order chi connectivity index (χ0) is 18.8. The summed E-state index contributed by atoms with van der Waals surface area (Å²) in [7, 11) is 0. The monoisotopic (exact) mass is 395 g/mol. The first-order chi connectivity index (χ1) is 12.4. The van der Waals surface area contributed by atoms with E-state index in [0.29, 0.717) is 16.4 Å². The maximum Gasteiger partial charge on any atom is 0.264 e. The number of rotatable bonds is 3. The van der Waals surface area contributed by atoms with E-state index in [-0.39, 0.29) is 22.5 Å². The molecule has 5 nitrogen and oxygen atoms in total. The molecule has 0 aliphatic carbocycles. The molecule has 138 valence electrons. The van der Waals surface area contributed by atoms with Gasteiger partial charge in [0.25, 0.3) is 11.8 Å². The summed E-state index contributed by atoms with van der Waals surface area (Å²) in [5.74, 6) is -0.968. The van der Waals surface area contributed by atoms with Gasteiger partial charge in [-0.05, 0) is 43.7 Å². The minimum atomic E-state index is -0.503. The molecule has 1 atom stereocenters. The van der Waals surface area contributed by atoms with Gasteiger partial charge in [0, 0.05) is 25.7 Å². The number of aryl methyl sites for hydroxylation is 1. The highest BCUT2D eigenvalue weighted by molar-refractivity contribution is 7.18. The third-order valence-electron chi connectivity index (χ3n) is 4.29. The highest BCUT2D eigenvalue weighted by atomic mass is 35.5. The highest BCUT2D eigenvalue weighted by Crippen LogP contribution is 2.29. The van der Waals surface area contributed by atoms with Crippen molar-refractivity contribution in [1.82, 2.24) is 10.2 Å². The lowest BCUT2D eigenvalue weighted by Gasteiger charge is -2.33. The van der Waals surface area contributed by atoms with Crippen LogP contribution in [0.3, 0.4) is 0 Å². The second kappa shape index (κ2) is 7.73. The highest BCUT2D eigenvalue weighted by Gasteiger charge is 2.27. The minimum Gasteiger partial charge on any atom is -0.333 e. The first-order valence-corrected chi connectivity index (χ1v) is 9.45. The van der Waals surface area contributed by atoms with Crippen LogP contribution < -0.4 is 10.6 Å². The van der Waals surface area contributed by atoms with Crippen LogP contribution in [0.2, 0.25) is 5.02 Å². The van der Waals surface area contributed by atoms with Gasteiger partial charge in [0.2, 0.25) is 0 Å². The number of thiophene rings is 1. The molecule has 0 radical (unpaired) electrons. The van der Waals surface area contributed by atoms with E-state index in [4.69, 9.17) is 11.6 Å². The number of amides is 2. The zero-order valence-electron chi connectivity index (χ0n) is 14.4. The molecule has 2 heterocycles. The predicted octanol–water partition coefficient (Wildman–Crippen LogP) is 3.54. The van der Waals surface area contributed by atoms with Gasteiger partial charge in [-0.25, -0.2) is 4.39 Å². The Balaban J connectivity index is 1.77. The van der Waals surface area contributed by atoms with Crippen molar-refractivity contribution in [2.45, 2.75) is 19.9 Å². The van der Waals surface area contributed by atoms with Crippen LogP contribution in [-0.2, 0) is 0 Å². The van der Waals surface area contributed by atoms with Crippen molar-refractivity contribution in [1.29, 1.82) is 0 Å². The largest absolute Gasteiger partial charge is 0.333 e. The topological polar surface area (TPSA) is 61.4 Å². The number of anilines is 1. The van der Waals surface area contributed by atoms with Gasteiger partial charge in [-0.2, -0.15) is 0 Å². The first-order valence-electron chi connectivity index (χ1n) is 8.25. The van der Waals surface area contributed by atoms with Gasteiger partial charge in [-0.15, -0.1) is 11.3 Å². The molecule has 0 bridgehead atoms. The molecule has 1 aromatic carbocycles. The molecule has 0 spiro atoms. The fraction of sp³-hybridized carbons (Fsp3) is 0.333. The number of carbonyl (C=O) groups excluding carboxylic acids is 2. The number of nitrogens with zero attached hydrogens (tertiary/aromatic N) is 1. The molecule has 1 aromatic heterocycles. The molecule has 1 aliphatic rings. The Morgan fingerprint density at radius 1 is 1.38 bits per heavy atom. The van der Waals surface area contributed by atoms with Gasteiger partial charge in [-0.1, -0.05) is 11.6 Å². The van der Waals surface area contributed by atoms with E-state index in [0.717, 1.165) is 24.7 Å². The van der Waals surface area contributed by atoms with Crippen molar-refractivity contribution in [2.75, 3.05) is 25.0 Å². The van der Waals surface area contributed by atoms with Crippen molar-refractivity contribution in [3.05, 3.63) is 51.1 Å². The van der Waals surface area contributed by atoms with Gasteiger partial charge in [0.1, 0.15) is 5.82 Å². The van der Waals surface area contributed by atoms with Gasteiger partial charge in [-0.3, -0.25) is 9.59 Å². The average molecular weight is 396 g/mol. The number of halogens is 2. The summed E-state index contributed by atoms with van der Waals surface area (Å²) in [4.78, 5) is 27.7. The SMILES string of the molecule is Cc1cc(NC(=O)c2ccc(F)cc2Cl)sc1C(=O)N1CCNCC1C. The minimum absolute atomic E-state index is 0.0261. The smallest absolute Gasteiger partial charge is 0.264 e.